The van der Waals surface area contributed by atoms with Gasteiger partial charge in [-0.15, -0.1) is 0 Å². The van der Waals surface area contributed by atoms with Crippen LogP contribution in [-0.2, 0) is 17.8 Å². The summed E-state index contributed by atoms with van der Waals surface area (Å²) < 4.78 is 0. The first-order valence-corrected chi connectivity index (χ1v) is 6.98. The summed E-state index contributed by atoms with van der Waals surface area (Å²) in [7, 11) is 0. The van der Waals surface area contributed by atoms with Gasteiger partial charge >= 0.3 is 0 Å². The summed E-state index contributed by atoms with van der Waals surface area (Å²) in [6, 6.07) is 4.47. The minimum atomic E-state index is -0.0305. The van der Waals surface area contributed by atoms with Gasteiger partial charge in [-0.3, -0.25) is 4.79 Å². The Morgan fingerprint density at radius 1 is 1.32 bits per heavy atom. The Hall–Kier alpha value is -1.57. The lowest BCUT2D eigenvalue weighted by atomic mass is 9.88. The molecule has 1 unspecified atom stereocenters. The van der Waals surface area contributed by atoms with Gasteiger partial charge in [0, 0.05) is 25.1 Å². The topological polar surface area (TPSA) is 20.3 Å². The van der Waals surface area contributed by atoms with Crippen LogP contribution < -0.4 is 0 Å². The number of carbonyl (C=O) groups excluding carboxylic acids is 1. The van der Waals surface area contributed by atoms with E-state index in [0.717, 1.165) is 18.7 Å². The molecule has 1 heterocycles. The summed E-state index contributed by atoms with van der Waals surface area (Å²) in [6.07, 6.45) is 1.41. The van der Waals surface area contributed by atoms with E-state index in [1.165, 1.54) is 22.3 Å². The molecule has 0 saturated heterocycles. The molecule has 0 saturated carbocycles. The molecule has 0 bridgehead atoms. The number of ketones is 1. The van der Waals surface area contributed by atoms with Gasteiger partial charge < -0.3 is 4.90 Å². The molecule has 0 amide bonds. The van der Waals surface area contributed by atoms with Gasteiger partial charge in [0.05, 0.1) is 6.04 Å². The Balaban J connectivity index is 2.42. The van der Waals surface area contributed by atoms with Crippen molar-refractivity contribution < 1.29 is 4.79 Å². The Morgan fingerprint density at radius 3 is 2.42 bits per heavy atom. The number of carbonyl (C=O) groups is 1. The minimum Gasteiger partial charge on any atom is -0.361 e. The van der Waals surface area contributed by atoms with Crippen molar-refractivity contribution in [1.82, 2.24) is 4.90 Å². The number of hydrogen-bond donors (Lipinski definition) is 0. The van der Waals surface area contributed by atoms with Crippen molar-refractivity contribution in [1.29, 1.82) is 0 Å². The lowest BCUT2D eigenvalue weighted by molar-refractivity contribution is -0.123. The third-order valence-corrected chi connectivity index (χ3v) is 4.16. The Morgan fingerprint density at radius 2 is 1.89 bits per heavy atom. The van der Waals surface area contributed by atoms with E-state index in [4.69, 9.17) is 0 Å². The van der Waals surface area contributed by atoms with E-state index in [0.29, 0.717) is 12.2 Å². The van der Waals surface area contributed by atoms with Gasteiger partial charge in [0.1, 0.15) is 0 Å². The zero-order valence-electron chi connectivity index (χ0n) is 12.4. The van der Waals surface area contributed by atoms with Crippen LogP contribution in [-0.4, -0.2) is 16.7 Å². The van der Waals surface area contributed by atoms with Crippen molar-refractivity contribution in [3.8, 4) is 0 Å². The summed E-state index contributed by atoms with van der Waals surface area (Å²) in [5.41, 5.74) is 6.28. The van der Waals surface area contributed by atoms with E-state index < -0.39 is 0 Å². The van der Waals surface area contributed by atoms with E-state index in [-0.39, 0.29) is 6.04 Å². The summed E-state index contributed by atoms with van der Waals surface area (Å²) in [5.74, 6) is 0.312. The average Bonchev–Trinajstić information content (AvgIpc) is 2.37. The van der Waals surface area contributed by atoms with Crippen molar-refractivity contribution in [3.05, 3.63) is 46.7 Å². The summed E-state index contributed by atoms with van der Waals surface area (Å²) in [5, 5.41) is 0. The van der Waals surface area contributed by atoms with Gasteiger partial charge in [-0.05, 0) is 43.0 Å². The monoisotopic (exact) mass is 257 g/mol. The summed E-state index contributed by atoms with van der Waals surface area (Å²) in [4.78, 5) is 14.3. The van der Waals surface area contributed by atoms with Crippen molar-refractivity contribution in [2.24, 2.45) is 0 Å². The fourth-order valence-electron chi connectivity index (χ4n) is 2.81. The highest BCUT2D eigenvalue weighted by atomic mass is 16.1. The molecule has 2 heteroatoms. The van der Waals surface area contributed by atoms with Gasteiger partial charge in [0.2, 0.25) is 0 Å². The van der Waals surface area contributed by atoms with Crippen LogP contribution in [0, 0.1) is 13.8 Å². The second-order valence-electron chi connectivity index (χ2n) is 5.61. The van der Waals surface area contributed by atoms with Crippen LogP contribution in [0.15, 0.2) is 24.4 Å². The summed E-state index contributed by atoms with van der Waals surface area (Å²) >= 11 is 0. The van der Waals surface area contributed by atoms with Gasteiger partial charge in [-0.1, -0.05) is 25.6 Å². The molecule has 102 valence electrons. The van der Waals surface area contributed by atoms with Crippen molar-refractivity contribution in [2.75, 3.05) is 0 Å². The summed E-state index contributed by atoms with van der Waals surface area (Å²) in [6.45, 7) is 13.0. The van der Waals surface area contributed by atoms with Crippen molar-refractivity contribution >= 4 is 5.78 Å². The zero-order chi connectivity index (χ0) is 14.2. The Bertz CT molecular complexity index is 530. The number of aryl methyl sites for hydroxylation is 2. The maximum absolute atomic E-state index is 12.2. The van der Waals surface area contributed by atoms with Crippen LogP contribution in [0.5, 0.6) is 0 Å². The quantitative estimate of drug-likeness (QED) is 0.825. The highest BCUT2D eigenvalue weighted by Crippen LogP contribution is 2.29. The third kappa shape index (κ3) is 2.58. The number of rotatable bonds is 3. The van der Waals surface area contributed by atoms with Crippen LogP contribution in [0.25, 0.3) is 0 Å². The van der Waals surface area contributed by atoms with Gasteiger partial charge in [0.25, 0.3) is 0 Å². The fourth-order valence-corrected chi connectivity index (χ4v) is 2.81. The van der Waals surface area contributed by atoms with Crippen LogP contribution in [0.2, 0.25) is 0 Å². The van der Waals surface area contributed by atoms with Crippen molar-refractivity contribution in [2.45, 2.75) is 53.1 Å². The molecule has 1 atom stereocenters. The molecule has 0 aromatic heterocycles. The lowest BCUT2D eigenvalue weighted by Gasteiger charge is -2.38. The van der Waals surface area contributed by atoms with E-state index in [2.05, 4.69) is 37.5 Å². The number of Topliss-reactive ketones (excluding diaryl/α,β-unsaturated/α-hetero) is 1. The maximum atomic E-state index is 12.2. The molecule has 2 rings (SSSR count). The zero-order valence-corrected chi connectivity index (χ0v) is 12.4. The number of fused-ring (bicyclic) bond motifs is 1. The van der Waals surface area contributed by atoms with Gasteiger partial charge in [-0.2, -0.15) is 0 Å². The third-order valence-electron chi connectivity index (χ3n) is 4.16. The molecule has 0 radical (unpaired) electrons. The molecule has 1 aromatic carbocycles. The van der Waals surface area contributed by atoms with Crippen LogP contribution in [0.1, 0.15) is 42.5 Å². The molecule has 19 heavy (non-hydrogen) atoms. The first kappa shape index (κ1) is 13.9. The minimum absolute atomic E-state index is 0.0305. The molecule has 0 fully saturated rings. The molecule has 1 aromatic rings. The van der Waals surface area contributed by atoms with Gasteiger partial charge in [-0.25, -0.2) is 0 Å². The second kappa shape index (κ2) is 5.20. The van der Waals surface area contributed by atoms with E-state index in [1.54, 1.807) is 0 Å². The highest BCUT2D eigenvalue weighted by Gasteiger charge is 2.30. The van der Waals surface area contributed by atoms with E-state index >= 15 is 0 Å². The molecular formula is C17H23NO. The molecule has 0 spiro atoms. The predicted molar refractivity (Wildman–Crippen MR) is 79.1 cm³/mol. The largest absolute Gasteiger partial charge is 0.361 e. The smallest absolute Gasteiger partial charge is 0.155 e. The Kier molecular flexibility index (Phi) is 3.79. The maximum Gasteiger partial charge on any atom is 0.155 e. The number of nitrogens with zero attached hydrogens (tertiary/aromatic N) is 1. The van der Waals surface area contributed by atoms with Crippen LogP contribution >= 0.6 is 0 Å². The average molecular weight is 257 g/mol. The fraction of sp³-hybridized carbons (Fsp3) is 0.471. The van der Waals surface area contributed by atoms with Gasteiger partial charge in [0.15, 0.2) is 5.78 Å². The lowest BCUT2D eigenvalue weighted by Crippen LogP contribution is -2.44. The standard InChI is InChI=1S/C17H23NO/c1-6-17(19)16-9-14-7-12(4)13(5)8-15(14)10-18(16)11(2)3/h7-8,16H,2,6,9-10H2,1,3-5H3. The molecule has 1 aliphatic heterocycles. The normalized spacial score (nSPS) is 18.1. The molecule has 2 nitrogen and oxygen atoms in total. The first-order chi connectivity index (χ1) is 8.93. The van der Waals surface area contributed by atoms with Crippen LogP contribution in [0.3, 0.4) is 0 Å². The van der Waals surface area contributed by atoms with E-state index in [9.17, 15) is 4.79 Å². The highest BCUT2D eigenvalue weighted by molar-refractivity contribution is 5.84. The van der Waals surface area contributed by atoms with Crippen molar-refractivity contribution in [3.63, 3.8) is 0 Å². The molecular weight excluding hydrogens is 234 g/mol. The molecule has 0 aliphatic carbocycles. The number of hydrogen-bond acceptors (Lipinski definition) is 2. The number of benzene rings is 1. The molecule has 0 N–H and O–H groups in total. The molecule has 1 aliphatic rings. The van der Waals surface area contributed by atoms with Crippen LogP contribution in [0.4, 0.5) is 0 Å². The number of allylic oxidation sites excluding steroid dienone is 1. The second-order valence-corrected chi connectivity index (χ2v) is 5.61. The van der Waals surface area contributed by atoms with E-state index in [1.807, 2.05) is 13.8 Å². The predicted octanol–water partition coefficient (Wildman–Crippen LogP) is 3.54. The Labute approximate surface area is 116 Å². The SMILES string of the molecule is C=C(C)N1Cc2cc(C)c(C)cc2CC1C(=O)CC. The first-order valence-electron chi connectivity index (χ1n) is 6.98.